The van der Waals surface area contributed by atoms with Crippen LogP contribution in [0.3, 0.4) is 0 Å². The molecule has 78 valence electrons. The van der Waals surface area contributed by atoms with Crippen LogP contribution in [0.15, 0.2) is 17.1 Å². The molecule has 0 atom stereocenters. The molecule has 0 amide bonds. The van der Waals surface area contributed by atoms with Crippen LogP contribution in [0.4, 0.5) is 4.39 Å². The van der Waals surface area contributed by atoms with Crippen molar-refractivity contribution in [3.63, 3.8) is 0 Å². The molecule has 0 aromatic heterocycles. The lowest BCUT2D eigenvalue weighted by atomic mass is 9.88. The maximum absolute atomic E-state index is 13.8. The second kappa shape index (κ2) is 2.81. The van der Waals surface area contributed by atoms with Gasteiger partial charge in [0.2, 0.25) is 0 Å². The van der Waals surface area contributed by atoms with Crippen LogP contribution in [0, 0.1) is 5.82 Å². The van der Waals surface area contributed by atoms with E-state index in [9.17, 15) is 4.39 Å². The molecule has 0 unspecified atom stereocenters. The molecule has 1 aliphatic heterocycles. The topological polar surface area (TPSA) is 21.6 Å². The molecule has 0 bridgehead atoms. The van der Waals surface area contributed by atoms with E-state index < -0.39 is 0 Å². The summed E-state index contributed by atoms with van der Waals surface area (Å²) in [7, 11) is 1.61. The number of ether oxygens (including phenoxy) is 1. The van der Waals surface area contributed by atoms with E-state index in [0.717, 1.165) is 36.3 Å². The molecule has 3 rings (SSSR count). The molecular formula is C12H12FNO. The standard InChI is InChI=1S/C12H12FNO/c1-15-10-3-2-9(13)11-8(10)6-14-7-12(11)4-5-12/h2-3,6H,4-5,7H2,1H3. The Kier molecular flexibility index (Phi) is 1.67. The summed E-state index contributed by atoms with van der Waals surface area (Å²) in [6.07, 6.45) is 3.82. The van der Waals surface area contributed by atoms with Gasteiger partial charge in [-0.3, -0.25) is 4.99 Å². The first-order valence-electron chi connectivity index (χ1n) is 5.14. The van der Waals surface area contributed by atoms with Crippen molar-refractivity contribution in [2.45, 2.75) is 18.3 Å². The molecule has 2 nitrogen and oxygen atoms in total. The maximum atomic E-state index is 13.8. The van der Waals surface area contributed by atoms with E-state index in [2.05, 4.69) is 4.99 Å². The lowest BCUT2D eigenvalue weighted by molar-refractivity contribution is 0.410. The highest BCUT2D eigenvalue weighted by Gasteiger charge is 2.48. The van der Waals surface area contributed by atoms with Gasteiger partial charge in [0.25, 0.3) is 0 Å². The van der Waals surface area contributed by atoms with Crippen LogP contribution in [-0.2, 0) is 5.41 Å². The van der Waals surface area contributed by atoms with Crippen LogP contribution in [-0.4, -0.2) is 19.9 Å². The molecule has 3 heteroatoms. The fourth-order valence-electron chi connectivity index (χ4n) is 2.37. The molecule has 1 aliphatic carbocycles. The van der Waals surface area contributed by atoms with Crippen molar-refractivity contribution < 1.29 is 9.13 Å². The van der Waals surface area contributed by atoms with Gasteiger partial charge in [0.05, 0.1) is 7.11 Å². The van der Waals surface area contributed by atoms with Gasteiger partial charge < -0.3 is 4.74 Å². The van der Waals surface area contributed by atoms with Gasteiger partial charge in [-0.15, -0.1) is 0 Å². The van der Waals surface area contributed by atoms with E-state index >= 15 is 0 Å². The minimum Gasteiger partial charge on any atom is -0.496 e. The first kappa shape index (κ1) is 8.89. The number of hydrogen-bond donors (Lipinski definition) is 0. The van der Waals surface area contributed by atoms with E-state index in [1.54, 1.807) is 19.4 Å². The van der Waals surface area contributed by atoms with E-state index in [4.69, 9.17) is 4.74 Å². The zero-order valence-electron chi connectivity index (χ0n) is 8.59. The molecule has 1 aromatic carbocycles. The Morgan fingerprint density at radius 1 is 1.40 bits per heavy atom. The third-order valence-corrected chi connectivity index (χ3v) is 3.37. The second-order valence-electron chi connectivity index (χ2n) is 4.29. The average molecular weight is 205 g/mol. The molecule has 1 fully saturated rings. The summed E-state index contributed by atoms with van der Waals surface area (Å²) in [6.45, 7) is 0.726. The highest BCUT2D eigenvalue weighted by molar-refractivity contribution is 5.88. The van der Waals surface area contributed by atoms with Gasteiger partial charge in [-0.05, 0) is 25.0 Å². The van der Waals surface area contributed by atoms with Crippen molar-refractivity contribution in [1.82, 2.24) is 0 Å². The normalized spacial score (nSPS) is 20.1. The summed E-state index contributed by atoms with van der Waals surface area (Å²) in [5, 5.41) is 0. The molecule has 0 radical (unpaired) electrons. The Morgan fingerprint density at radius 3 is 2.87 bits per heavy atom. The average Bonchev–Trinajstić information content (AvgIpc) is 2.99. The van der Waals surface area contributed by atoms with Crippen LogP contribution in [0.5, 0.6) is 5.75 Å². The quantitative estimate of drug-likeness (QED) is 0.689. The van der Waals surface area contributed by atoms with E-state index in [-0.39, 0.29) is 11.2 Å². The fraction of sp³-hybridized carbons (Fsp3) is 0.417. The Labute approximate surface area is 87.8 Å². The van der Waals surface area contributed by atoms with Gasteiger partial charge in [-0.1, -0.05) is 0 Å². The SMILES string of the molecule is COc1ccc(F)c2c1C=NCC21CC1. The maximum Gasteiger partial charge on any atom is 0.128 e. The lowest BCUT2D eigenvalue weighted by Crippen LogP contribution is -2.20. The largest absolute Gasteiger partial charge is 0.496 e. The number of benzene rings is 1. The predicted molar refractivity (Wildman–Crippen MR) is 56.3 cm³/mol. The molecule has 1 spiro atoms. The number of aliphatic imine (C=N–C) groups is 1. The van der Waals surface area contributed by atoms with Crippen molar-refractivity contribution in [1.29, 1.82) is 0 Å². The molecule has 1 saturated carbocycles. The Balaban J connectivity index is 2.27. The Bertz CT molecular complexity index is 449. The van der Waals surface area contributed by atoms with Gasteiger partial charge in [-0.25, -0.2) is 4.39 Å². The van der Waals surface area contributed by atoms with E-state index in [0.29, 0.717) is 0 Å². The van der Waals surface area contributed by atoms with E-state index in [1.807, 2.05) is 0 Å². The summed E-state index contributed by atoms with van der Waals surface area (Å²) in [6, 6.07) is 3.17. The van der Waals surface area contributed by atoms with Crippen LogP contribution < -0.4 is 4.74 Å². The molecule has 15 heavy (non-hydrogen) atoms. The van der Waals surface area contributed by atoms with Gasteiger partial charge in [-0.2, -0.15) is 0 Å². The summed E-state index contributed by atoms with van der Waals surface area (Å²) in [4.78, 5) is 4.31. The molecule has 0 N–H and O–H groups in total. The predicted octanol–water partition coefficient (Wildman–Crippen LogP) is 2.30. The summed E-state index contributed by atoms with van der Waals surface area (Å²) >= 11 is 0. The first-order chi connectivity index (χ1) is 7.27. The third kappa shape index (κ3) is 1.12. The number of methoxy groups -OCH3 is 1. The van der Waals surface area contributed by atoms with Gasteiger partial charge in [0.1, 0.15) is 11.6 Å². The van der Waals surface area contributed by atoms with Gasteiger partial charge in [0, 0.05) is 29.3 Å². The minimum atomic E-state index is -0.116. The zero-order valence-corrected chi connectivity index (χ0v) is 8.59. The first-order valence-corrected chi connectivity index (χ1v) is 5.14. The van der Waals surface area contributed by atoms with Crippen molar-refractivity contribution in [2.75, 3.05) is 13.7 Å². The van der Waals surface area contributed by atoms with Crippen LogP contribution in [0.25, 0.3) is 0 Å². The highest BCUT2D eigenvalue weighted by Crippen LogP contribution is 2.52. The molecule has 1 aromatic rings. The van der Waals surface area contributed by atoms with Crippen molar-refractivity contribution in [3.05, 3.63) is 29.1 Å². The Hall–Kier alpha value is -1.38. The molecule has 1 heterocycles. The Morgan fingerprint density at radius 2 is 2.20 bits per heavy atom. The van der Waals surface area contributed by atoms with Gasteiger partial charge >= 0.3 is 0 Å². The minimum absolute atomic E-state index is 0.0112. The monoisotopic (exact) mass is 205 g/mol. The summed E-state index contributed by atoms with van der Waals surface area (Å²) < 4.78 is 19.0. The molecule has 0 saturated heterocycles. The highest BCUT2D eigenvalue weighted by atomic mass is 19.1. The van der Waals surface area contributed by atoms with Gasteiger partial charge in [0.15, 0.2) is 0 Å². The van der Waals surface area contributed by atoms with Crippen LogP contribution in [0.2, 0.25) is 0 Å². The van der Waals surface area contributed by atoms with E-state index in [1.165, 1.54) is 6.07 Å². The van der Waals surface area contributed by atoms with Crippen molar-refractivity contribution in [2.24, 2.45) is 4.99 Å². The number of nitrogens with zero attached hydrogens (tertiary/aromatic N) is 1. The number of halogens is 1. The number of rotatable bonds is 1. The van der Waals surface area contributed by atoms with Crippen molar-refractivity contribution >= 4 is 6.21 Å². The second-order valence-corrected chi connectivity index (χ2v) is 4.29. The summed E-state index contributed by atoms with van der Waals surface area (Å²) in [5.74, 6) is 0.607. The summed E-state index contributed by atoms with van der Waals surface area (Å²) in [5.41, 5.74) is 1.64. The number of fused-ring (bicyclic) bond motifs is 2. The van der Waals surface area contributed by atoms with Crippen LogP contribution in [0.1, 0.15) is 24.0 Å². The molecule has 2 aliphatic rings. The third-order valence-electron chi connectivity index (χ3n) is 3.37. The number of hydrogen-bond acceptors (Lipinski definition) is 2. The van der Waals surface area contributed by atoms with Crippen LogP contribution >= 0.6 is 0 Å². The lowest BCUT2D eigenvalue weighted by Gasteiger charge is -2.22. The van der Waals surface area contributed by atoms with Crippen molar-refractivity contribution in [3.8, 4) is 5.75 Å². The zero-order chi connectivity index (χ0) is 10.5. The molecular weight excluding hydrogens is 193 g/mol. The fourth-order valence-corrected chi connectivity index (χ4v) is 2.37. The smallest absolute Gasteiger partial charge is 0.128 e.